The molecule has 1 aliphatic carbocycles. The largest absolute Gasteiger partial charge is 0.331 e. The number of carbonyl (C=O) groups excluding carboxylic acids is 3. The fourth-order valence-corrected chi connectivity index (χ4v) is 2.50. The average molecular weight is 224 g/mol. The molecule has 1 N–H and O–H groups in total. The summed E-state index contributed by atoms with van der Waals surface area (Å²) in [5, 5.41) is 2.02. The molecule has 0 spiro atoms. The van der Waals surface area contributed by atoms with Gasteiger partial charge in [0.05, 0.1) is 0 Å². The van der Waals surface area contributed by atoms with Gasteiger partial charge >= 0.3 is 17.8 Å². The van der Waals surface area contributed by atoms with Gasteiger partial charge in [-0.2, -0.15) is 0 Å². The van der Waals surface area contributed by atoms with Crippen LogP contribution in [-0.2, 0) is 9.59 Å². The highest BCUT2D eigenvalue weighted by molar-refractivity contribution is 6.44. The monoisotopic (exact) mass is 224 g/mol. The lowest BCUT2D eigenvalue weighted by Crippen LogP contribution is -2.38. The summed E-state index contributed by atoms with van der Waals surface area (Å²) in [6.45, 7) is 2.53. The van der Waals surface area contributed by atoms with E-state index in [0.29, 0.717) is 18.4 Å². The van der Waals surface area contributed by atoms with Crippen LogP contribution in [0.15, 0.2) is 0 Å². The summed E-state index contributed by atoms with van der Waals surface area (Å²) in [6, 6.07) is -0.562. The normalized spacial score (nSPS) is 30.8. The second kappa shape index (κ2) is 4.23. The van der Waals surface area contributed by atoms with Crippen LogP contribution in [0.25, 0.3) is 0 Å². The number of amides is 4. The van der Waals surface area contributed by atoms with Crippen LogP contribution in [0.2, 0.25) is 0 Å². The Morgan fingerprint density at radius 1 is 1.25 bits per heavy atom. The van der Waals surface area contributed by atoms with Gasteiger partial charge in [-0.25, -0.2) is 4.79 Å². The van der Waals surface area contributed by atoms with Crippen molar-refractivity contribution in [3.63, 3.8) is 0 Å². The Labute approximate surface area is 94.2 Å². The lowest BCUT2D eigenvalue weighted by molar-refractivity contribution is -0.140. The summed E-state index contributed by atoms with van der Waals surface area (Å²) >= 11 is 0. The smallest absolute Gasteiger partial charge is 0.269 e. The molecule has 2 fully saturated rings. The number of nitrogens with zero attached hydrogens (tertiary/aromatic N) is 1. The molecule has 0 aromatic heterocycles. The summed E-state index contributed by atoms with van der Waals surface area (Å²) in [5.74, 6) is -0.643. The van der Waals surface area contributed by atoms with E-state index in [1.165, 1.54) is 6.42 Å². The highest BCUT2D eigenvalue weighted by atomic mass is 16.2. The molecule has 5 heteroatoms. The van der Waals surface area contributed by atoms with E-state index in [2.05, 4.69) is 6.92 Å². The Bertz CT molecular complexity index is 340. The molecule has 0 radical (unpaired) electrons. The van der Waals surface area contributed by atoms with Crippen molar-refractivity contribution in [3.05, 3.63) is 0 Å². The first kappa shape index (κ1) is 11.1. The van der Waals surface area contributed by atoms with Gasteiger partial charge in [-0.1, -0.05) is 26.2 Å². The molecule has 1 saturated heterocycles. The van der Waals surface area contributed by atoms with Gasteiger partial charge in [0.15, 0.2) is 0 Å². The maximum Gasteiger partial charge on any atom is 0.331 e. The number of hydrogen-bond acceptors (Lipinski definition) is 3. The summed E-state index contributed by atoms with van der Waals surface area (Å²) in [6.07, 6.45) is 4.54. The van der Waals surface area contributed by atoms with E-state index in [1.807, 2.05) is 5.32 Å². The molecular formula is C11H16N2O3. The Hall–Kier alpha value is -1.39. The number of nitrogens with one attached hydrogen (secondary N) is 1. The molecular weight excluding hydrogens is 208 g/mol. The van der Waals surface area contributed by atoms with Crippen LogP contribution >= 0.6 is 0 Å². The van der Waals surface area contributed by atoms with Crippen molar-refractivity contribution in [2.75, 3.05) is 6.54 Å². The maximum absolute atomic E-state index is 11.4. The van der Waals surface area contributed by atoms with Crippen LogP contribution in [0, 0.1) is 11.8 Å². The van der Waals surface area contributed by atoms with Crippen molar-refractivity contribution in [1.29, 1.82) is 0 Å². The van der Waals surface area contributed by atoms with Gasteiger partial charge in [0.2, 0.25) is 0 Å². The van der Waals surface area contributed by atoms with E-state index in [0.717, 1.165) is 24.2 Å². The number of carbonyl (C=O) groups is 3. The van der Waals surface area contributed by atoms with Gasteiger partial charge in [-0.15, -0.1) is 0 Å². The predicted octanol–water partition coefficient (Wildman–Crippen LogP) is 0.891. The van der Waals surface area contributed by atoms with Crippen LogP contribution in [0.4, 0.5) is 4.79 Å². The van der Waals surface area contributed by atoms with Crippen molar-refractivity contribution >= 4 is 17.8 Å². The standard InChI is InChI=1S/C11H16N2O3/c1-7-4-2-3-5-8(7)6-13-10(15)9(14)12-11(13)16/h7-8H,2-6H2,1H3,(H,12,14,16). The summed E-state index contributed by atoms with van der Waals surface area (Å²) < 4.78 is 0. The number of imide groups is 2. The quantitative estimate of drug-likeness (QED) is 0.559. The van der Waals surface area contributed by atoms with E-state index in [9.17, 15) is 14.4 Å². The molecule has 0 aromatic carbocycles. The molecule has 2 unspecified atom stereocenters. The minimum atomic E-state index is -0.798. The summed E-state index contributed by atoms with van der Waals surface area (Å²) in [7, 11) is 0. The topological polar surface area (TPSA) is 66.5 Å². The molecule has 4 amide bonds. The van der Waals surface area contributed by atoms with E-state index in [-0.39, 0.29) is 0 Å². The van der Waals surface area contributed by atoms with Crippen LogP contribution in [0.5, 0.6) is 0 Å². The van der Waals surface area contributed by atoms with Gasteiger partial charge in [0.1, 0.15) is 0 Å². The zero-order valence-electron chi connectivity index (χ0n) is 9.36. The first-order chi connectivity index (χ1) is 7.59. The van der Waals surface area contributed by atoms with Crippen molar-refractivity contribution in [1.82, 2.24) is 10.2 Å². The third-order valence-electron chi connectivity index (χ3n) is 3.61. The molecule has 88 valence electrons. The third-order valence-corrected chi connectivity index (χ3v) is 3.61. The third kappa shape index (κ3) is 1.94. The van der Waals surface area contributed by atoms with Crippen LogP contribution in [-0.4, -0.2) is 29.3 Å². The first-order valence-corrected chi connectivity index (χ1v) is 5.76. The molecule has 5 nitrogen and oxygen atoms in total. The van der Waals surface area contributed by atoms with Crippen LogP contribution in [0.3, 0.4) is 0 Å². The van der Waals surface area contributed by atoms with Crippen molar-refractivity contribution in [2.45, 2.75) is 32.6 Å². The lowest BCUT2D eigenvalue weighted by Gasteiger charge is -2.30. The second-order valence-electron chi connectivity index (χ2n) is 4.70. The fraction of sp³-hybridized carbons (Fsp3) is 0.727. The Kier molecular flexibility index (Phi) is 2.94. The Balaban J connectivity index is 2.01. The van der Waals surface area contributed by atoms with Crippen molar-refractivity contribution in [2.24, 2.45) is 11.8 Å². The molecule has 0 bridgehead atoms. The predicted molar refractivity (Wildman–Crippen MR) is 56.4 cm³/mol. The minimum absolute atomic E-state index is 0.342. The summed E-state index contributed by atoms with van der Waals surface area (Å²) in [4.78, 5) is 34.8. The molecule has 2 aliphatic rings. The van der Waals surface area contributed by atoms with Gasteiger partial charge in [-0.05, 0) is 18.3 Å². The Morgan fingerprint density at radius 2 is 1.94 bits per heavy atom. The molecule has 1 aliphatic heterocycles. The highest BCUT2D eigenvalue weighted by Crippen LogP contribution is 2.30. The van der Waals surface area contributed by atoms with Gasteiger partial charge < -0.3 is 0 Å². The minimum Gasteiger partial charge on any atom is -0.269 e. The highest BCUT2D eigenvalue weighted by Gasteiger charge is 2.38. The summed E-state index contributed by atoms with van der Waals surface area (Å²) in [5.41, 5.74) is 0. The zero-order chi connectivity index (χ0) is 11.7. The molecule has 1 heterocycles. The van der Waals surface area contributed by atoms with Crippen LogP contribution in [0.1, 0.15) is 32.6 Å². The lowest BCUT2D eigenvalue weighted by atomic mass is 9.80. The number of urea groups is 1. The second-order valence-corrected chi connectivity index (χ2v) is 4.70. The fourth-order valence-electron chi connectivity index (χ4n) is 2.50. The molecule has 2 atom stereocenters. The maximum atomic E-state index is 11.4. The van der Waals surface area contributed by atoms with Crippen molar-refractivity contribution < 1.29 is 14.4 Å². The molecule has 16 heavy (non-hydrogen) atoms. The number of rotatable bonds is 2. The Morgan fingerprint density at radius 3 is 2.50 bits per heavy atom. The van der Waals surface area contributed by atoms with E-state index in [1.54, 1.807) is 0 Å². The SMILES string of the molecule is CC1CCCCC1CN1C(=O)NC(=O)C1=O. The zero-order valence-corrected chi connectivity index (χ0v) is 9.36. The van der Waals surface area contributed by atoms with E-state index >= 15 is 0 Å². The van der Waals surface area contributed by atoms with Gasteiger partial charge in [0.25, 0.3) is 0 Å². The molecule has 0 aromatic rings. The number of hydrogen-bond donors (Lipinski definition) is 1. The molecule has 2 rings (SSSR count). The molecule has 1 saturated carbocycles. The van der Waals surface area contributed by atoms with E-state index in [4.69, 9.17) is 0 Å². The van der Waals surface area contributed by atoms with Gasteiger partial charge in [0, 0.05) is 6.54 Å². The van der Waals surface area contributed by atoms with E-state index < -0.39 is 17.8 Å². The van der Waals surface area contributed by atoms with Crippen LogP contribution < -0.4 is 5.32 Å². The van der Waals surface area contributed by atoms with Crippen molar-refractivity contribution in [3.8, 4) is 0 Å². The van der Waals surface area contributed by atoms with Gasteiger partial charge in [-0.3, -0.25) is 19.8 Å². The first-order valence-electron chi connectivity index (χ1n) is 5.76. The average Bonchev–Trinajstić information content (AvgIpc) is 2.48.